The molecule has 5 atom stereocenters. The van der Waals surface area contributed by atoms with Gasteiger partial charge in [0, 0.05) is 23.3 Å². The van der Waals surface area contributed by atoms with E-state index in [0.717, 1.165) is 28.9 Å². The van der Waals surface area contributed by atoms with E-state index < -0.39 is 64.8 Å². The number of benzene rings is 1. The van der Waals surface area contributed by atoms with Crippen molar-refractivity contribution in [3.05, 3.63) is 58.2 Å². The highest BCUT2D eigenvalue weighted by Gasteiger charge is 2.79. The Kier molecular flexibility index (Phi) is 6.26. The Bertz CT molecular complexity index is 1270. The fourth-order valence-corrected chi connectivity index (χ4v) is 7.74. The lowest BCUT2D eigenvalue weighted by molar-refractivity contribution is -0.362. The molecular formula is C28H26F8O3. The van der Waals surface area contributed by atoms with Gasteiger partial charge in [-0.1, -0.05) is 36.8 Å². The number of aliphatic hydroxyl groups is 1. The number of allylic oxidation sites excluding steroid dienone is 4. The van der Waals surface area contributed by atoms with Gasteiger partial charge < -0.3 is 5.11 Å². The predicted octanol–water partition coefficient (Wildman–Crippen LogP) is 7.26. The van der Waals surface area contributed by atoms with Crippen LogP contribution in [0, 0.1) is 17.3 Å². The van der Waals surface area contributed by atoms with Crippen molar-refractivity contribution in [3.8, 4) is 0 Å². The predicted molar refractivity (Wildman–Crippen MR) is 123 cm³/mol. The highest BCUT2D eigenvalue weighted by atomic mass is 19.4. The number of ketones is 2. The van der Waals surface area contributed by atoms with Crippen molar-refractivity contribution in [1.29, 1.82) is 0 Å². The second-order valence-electron chi connectivity index (χ2n) is 11.4. The smallest absolute Gasteiger partial charge is 0.383 e. The quantitative estimate of drug-likeness (QED) is 0.312. The Hall–Kier alpha value is -2.56. The Morgan fingerprint density at radius 3 is 2.18 bits per heavy atom. The van der Waals surface area contributed by atoms with Crippen LogP contribution < -0.4 is 0 Å². The molecule has 0 spiro atoms. The zero-order chi connectivity index (χ0) is 28.8. The number of Topliss-reactive ketones (excluding diaryl/α,β-unsaturated/α-hetero) is 1. The Morgan fingerprint density at radius 2 is 1.59 bits per heavy atom. The summed E-state index contributed by atoms with van der Waals surface area (Å²) in [6.07, 6.45) is -9.29. The summed E-state index contributed by atoms with van der Waals surface area (Å²) in [4.78, 5) is 23.8. The average molecular weight is 562 g/mol. The second-order valence-corrected chi connectivity index (χ2v) is 11.4. The molecule has 11 heteroatoms. The molecule has 2 fully saturated rings. The van der Waals surface area contributed by atoms with Crippen LogP contribution in [-0.2, 0) is 4.79 Å². The third kappa shape index (κ3) is 4.01. The summed E-state index contributed by atoms with van der Waals surface area (Å²) in [6, 6.07) is 4.46. The largest absolute Gasteiger partial charge is 0.456 e. The average Bonchev–Trinajstić information content (AvgIpc) is 3.13. The van der Waals surface area contributed by atoms with Crippen LogP contribution in [0.1, 0.15) is 73.7 Å². The van der Waals surface area contributed by atoms with Gasteiger partial charge in [-0.05, 0) is 73.1 Å². The number of hydrogen-bond donors (Lipinski definition) is 1. The first-order chi connectivity index (χ1) is 17.9. The van der Waals surface area contributed by atoms with Crippen molar-refractivity contribution in [2.45, 2.75) is 81.7 Å². The maximum atomic E-state index is 15.0. The number of alkyl halides is 8. The van der Waals surface area contributed by atoms with Crippen molar-refractivity contribution in [3.63, 3.8) is 0 Å². The van der Waals surface area contributed by atoms with Gasteiger partial charge in [0.15, 0.2) is 5.78 Å². The molecule has 0 radical (unpaired) electrons. The fourth-order valence-electron chi connectivity index (χ4n) is 7.74. The summed E-state index contributed by atoms with van der Waals surface area (Å²) >= 11 is 0. The molecule has 0 heterocycles. The van der Waals surface area contributed by atoms with Crippen molar-refractivity contribution >= 4 is 11.6 Å². The van der Waals surface area contributed by atoms with E-state index >= 15 is 0 Å². The van der Waals surface area contributed by atoms with E-state index in [1.54, 1.807) is 0 Å². The highest BCUT2D eigenvalue weighted by molar-refractivity contribution is 6.00. The fraction of sp³-hybridized carbons (Fsp3) is 0.571. The van der Waals surface area contributed by atoms with Crippen LogP contribution in [0.25, 0.3) is 0 Å². The molecular weight excluding hydrogens is 536 g/mol. The standard InChI is InChI=1S/C28H26F8O3/c1-24-13-20(14-2-4-15(5-3-14)23(38)26(29,30)31)22-18-9-7-17(37)12-16(18)6-8-19(22)21(24)10-11-25(24,39)27(32,33)28(34,35)36/h2-5,12,19-21,39H,6-11,13H2,1H3/t19-,20+,21-,24-,25-/m0/s1. The van der Waals surface area contributed by atoms with Gasteiger partial charge in [0.2, 0.25) is 0 Å². The summed E-state index contributed by atoms with van der Waals surface area (Å²) in [5.41, 5.74) is -3.13. The SMILES string of the molecule is C[C@]12C[C@H](c3ccc(C(=O)C(F)(F)F)cc3)C3=C4CCC(=O)C=C4CC[C@H]3[C@@H]1CC[C@@]2(O)C(F)(F)C(F)(F)F. The van der Waals surface area contributed by atoms with Crippen molar-refractivity contribution in [2.75, 3.05) is 0 Å². The van der Waals surface area contributed by atoms with Gasteiger partial charge >= 0.3 is 18.3 Å². The number of rotatable bonds is 3. The maximum absolute atomic E-state index is 15.0. The van der Waals surface area contributed by atoms with Crippen LogP contribution in [0.15, 0.2) is 47.1 Å². The molecule has 1 aromatic carbocycles. The van der Waals surface area contributed by atoms with Crippen molar-refractivity contribution in [2.24, 2.45) is 17.3 Å². The van der Waals surface area contributed by atoms with E-state index in [-0.39, 0.29) is 25.0 Å². The number of fused-ring (bicyclic) bond motifs is 4. The Labute approximate surface area is 218 Å². The molecule has 0 aromatic heterocycles. The maximum Gasteiger partial charge on any atom is 0.456 e. The topological polar surface area (TPSA) is 54.4 Å². The monoisotopic (exact) mass is 562 g/mol. The van der Waals surface area contributed by atoms with Gasteiger partial charge in [0.05, 0.1) is 0 Å². The first-order valence-corrected chi connectivity index (χ1v) is 12.8. The zero-order valence-electron chi connectivity index (χ0n) is 20.9. The minimum absolute atomic E-state index is 0.0517. The number of hydrogen-bond acceptors (Lipinski definition) is 3. The Balaban J connectivity index is 1.66. The third-order valence-electron chi connectivity index (χ3n) is 9.59. The molecule has 0 amide bonds. The first-order valence-electron chi connectivity index (χ1n) is 12.8. The summed E-state index contributed by atoms with van der Waals surface area (Å²) in [5, 5.41) is 11.2. The summed E-state index contributed by atoms with van der Waals surface area (Å²) < 4.78 is 110. The van der Waals surface area contributed by atoms with Crippen LogP contribution in [0.2, 0.25) is 0 Å². The van der Waals surface area contributed by atoms with Gasteiger partial charge in [-0.3, -0.25) is 9.59 Å². The second kappa shape index (κ2) is 8.72. The number of carbonyl (C=O) groups excluding carboxylic acids is 2. The van der Waals surface area contributed by atoms with Gasteiger partial charge in [-0.2, -0.15) is 35.1 Å². The molecule has 212 valence electrons. The molecule has 2 saturated carbocycles. The molecule has 1 N–H and O–H groups in total. The first kappa shape index (κ1) is 28.0. The molecule has 0 aliphatic heterocycles. The van der Waals surface area contributed by atoms with Crippen molar-refractivity contribution in [1.82, 2.24) is 0 Å². The third-order valence-corrected chi connectivity index (χ3v) is 9.59. The molecule has 0 unspecified atom stereocenters. The molecule has 0 bridgehead atoms. The minimum Gasteiger partial charge on any atom is -0.383 e. The number of carbonyl (C=O) groups is 2. The van der Waals surface area contributed by atoms with Crippen molar-refractivity contribution < 1.29 is 49.8 Å². The van der Waals surface area contributed by atoms with Gasteiger partial charge in [0.25, 0.3) is 5.78 Å². The molecule has 39 heavy (non-hydrogen) atoms. The van der Waals surface area contributed by atoms with E-state index in [2.05, 4.69) is 0 Å². The summed E-state index contributed by atoms with van der Waals surface area (Å²) in [6.45, 7) is 1.26. The van der Waals surface area contributed by atoms with Crippen LogP contribution in [0.3, 0.4) is 0 Å². The van der Waals surface area contributed by atoms with E-state index in [4.69, 9.17) is 0 Å². The molecule has 0 saturated heterocycles. The van der Waals surface area contributed by atoms with Crippen LogP contribution in [0.4, 0.5) is 35.1 Å². The van der Waals surface area contributed by atoms with Gasteiger partial charge in [0.1, 0.15) is 5.60 Å². The lowest BCUT2D eigenvalue weighted by atomic mass is 9.50. The van der Waals surface area contributed by atoms with Crippen LogP contribution in [0.5, 0.6) is 0 Å². The minimum atomic E-state index is -5.99. The molecule has 1 aromatic rings. The molecule has 5 rings (SSSR count). The lowest BCUT2D eigenvalue weighted by Gasteiger charge is -2.56. The lowest BCUT2D eigenvalue weighted by Crippen LogP contribution is -2.65. The normalized spacial score (nSPS) is 33.3. The van der Waals surface area contributed by atoms with Gasteiger partial charge in [-0.15, -0.1) is 0 Å². The molecule has 4 aliphatic rings. The summed E-state index contributed by atoms with van der Waals surface area (Å²) in [5.74, 6) is -9.47. The summed E-state index contributed by atoms with van der Waals surface area (Å²) in [7, 11) is 0. The van der Waals surface area contributed by atoms with E-state index in [9.17, 15) is 49.8 Å². The number of halogens is 8. The molecule has 3 nitrogen and oxygen atoms in total. The Morgan fingerprint density at radius 1 is 0.949 bits per heavy atom. The van der Waals surface area contributed by atoms with E-state index in [0.29, 0.717) is 24.8 Å². The molecule has 4 aliphatic carbocycles. The van der Waals surface area contributed by atoms with Crippen LogP contribution in [-0.4, -0.2) is 40.5 Å². The highest BCUT2D eigenvalue weighted by Crippen LogP contribution is 2.70. The zero-order valence-corrected chi connectivity index (χ0v) is 20.9. The van der Waals surface area contributed by atoms with Crippen LogP contribution >= 0.6 is 0 Å². The van der Waals surface area contributed by atoms with E-state index in [1.165, 1.54) is 25.1 Å². The van der Waals surface area contributed by atoms with Gasteiger partial charge in [-0.25, -0.2) is 0 Å². The van der Waals surface area contributed by atoms with E-state index in [1.807, 2.05) is 0 Å².